The van der Waals surface area contributed by atoms with Crippen LogP contribution in [0.1, 0.15) is 31.2 Å². The Morgan fingerprint density at radius 3 is 2.38 bits per heavy atom. The molecule has 0 radical (unpaired) electrons. The van der Waals surface area contributed by atoms with Crippen molar-refractivity contribution >= 4 is 29.1 Å². The molecule has 2 amide bonds. The second-order valence-electron chi connectivity index (χ2n) is 10.1. The van der Waals surface area contributed by atoms with Crippen LogP contribution < -0.4 is 16.4 Å². The maximum Gasteiger partial charge on any atom is 0.247 e. The van der Waals surface area contributed by atoms with E-state index in [2.05, 4.69) is 36.2 Å². The number of carbonyl (C=O) groups excluding carboxylic acids is 2. The second-order valence-corrected chi connectivity index (χ2v) is 10.5. The monoisotopic (exact) mass is 558 g/mol. The van der Waals surface area contributed by atoms with Crippen molar-refractivity contribution in [1.29, 1.82) is 0 Å². The van der Waals surface area contributed by atoms with Crippen LogP contribution in [0.5, 0.6) is 0 Å². The van der Waals surface area contributed by atoms with Gasteiger partial charge in [-0.2, -0.15) is 5.21 Å². The predicted molar refractivity (Wildman–Crippen MR) is 153 cm³/mol. The van der Waals surface area contributed by atoms with Gasteiger partial charge in [0.1, 0.15) is 6.04 Å². The quantitative estimate of drug-likeness (QED) is 0.242. The van der Waals surface area contributed by atoms with Gasteiger partial charge in [0.15, 0.2) is 0 Å². The van der Waals surface area contributed by atoms with Gasteiger partial charge < -0.3 is 16.4 Å². The number of tetrazole rings is 1. The zero-order valence-electron chi connectivity index (χ0n) is 21.9. The number of H-pyrrole nitrogens is 1. The summed E-state index contributed by atoms with van der Waals surface area (Å²) in [4.78, 5) is 30.9. The highest BCUT2D eigenvalue weighted by molar-refractivity contribution is 6.33. The number of amides is 2. The average Bonchev–Trinajstić information content (AvgIpc) is 3.53. The summed E-state index contributed by atoms with van der Waals surface area (Å²) in [5.74, 6) is 0.411. The fourth-order valence-corrected chi connectivity index (χ4v) is 5.24. The molecule has 1 aliphatic carbocycles. The molecular formula is C29H31ClN8O2. The van der Waals surface area contributed by atoms with Crippen LogP contribution in [-0.4, -0.2) is 50.0 Å². The smallest absolute Gasteiger partial charge is 0.247 e. The van der Waals surface area contributed by atoms with Crippen LogP contribution in [0.4, 0.5) is 5.69 Å². The lowest BCUT2D eigenvalue weighted by atomic mass is 9.81. The van der Waals surface area contributed by atoms with Crippen LogP contribution in [0.2, 0.25) is 5.02 Å². The molecule has 1 fully saturated rings. The van der Waals surface area contributed by atoms with E-state index in [4.69, 9.17) is 17.3 Å². The molecule has 0 bridgehead atoms. The summed E-state index contributed by atoms with van der Waals surface area (Å²) in [7, 11) is 0. The first-order chi connectivity index (χ1) is 19.5. The number of aromatic nitrogens is 5. The first-order valence-corrected chi connectivity index (χ1v) is 13.7. The molecule has 40 heavy (non-hydrogen) atoms. The molecule has 1 atom stereocenters. The van der Waals surface area contributed by atoms with Crippen molar-refractivity contribution in [2.24, 2.45) is 17.6 Å². The number of pyridine rings is 1. The fourth-order valence-electron chi connectivity index (χ4n) is 5.02. The Labute approximate surface area is 237 Å². The lowest BCUT2D eigenvalue weighted by Gasteiger charge is -2.28. The first-order valence-electron chi connectivity index (χ1n) is 13.3. The van der Waals surface area contributed by atoms with Crippen LogP contribution in [-0.2, 0) is 16.0 Å². The summed E-state index contributed by atoms with van der Waals surface area (Å²) >= 11 is 6.33. The van der Waals surface area contributed by atoms with E-state index in [1.807, 2.05) is 24.3 Å². The molecule has 2 aromatic carbocycles. The van der Waals surface area contributed by atoms with E-state index in [1.54, 1.807) is 42.7 Å². The van der Waals surface area contributed by atoms with Crippen LogP contribution in [0.3, 0.4) is 0 Å². The molecule has 206 valence electrons. The maximum absolute atomic E-state index is 13.5. The third-order valence-electron chi connectivity index (χ3n) is 7.41. The summed E-state index contributed by atoms with van der Waals surface area (Å²) in [6.45, 7) is 0.644. The molecule has 1 aliphatic rings. The van der Waals surface area contributed by atoms with E-state index in [1.165, 1.54) is 0 Å². The standard InChI is InChI=1S/C29H31ClN8O2/c30-25-13-14-32-17-24(25)20-5-1-18(2-6-20)15-26(34-28(39)22-7-3-19(16-31)4-8-22)29(40)33-23-11-9-21(10-12-23)27-35-37-38-36-27/h1-2,5-6,9-14,17,19,22,26H,3-4,7-8,15-16,31H2,(H,33,40)(H,34,39)(H,35,36,37,38)/t19?,22?,26-/m0/s1. The maximum atomic E-state index is 13.5. The molecule has 2 aromatic heterocycles. The largest absolute Gasteiger partial charge is 0.344 e. The summed E-state index contributed by atoms with van der Waals surface area (Å²) in [5.41, 5.74) is 9.84. The number of halogens is 1. The van der Waals surface area contributed by atoms with Gasteiger partial charge in [-0.3, -0.25) is 14.6 Å². The topological polar surface area (TPSA) is 152 Å². The third kappa shape index (κ3) is 6.70. The van der Waals surface area contributed by atoms with Gasteiger partial charge in [-0.05, 0) is 84.8 Å². The van der Waals surface area contributed by atoms with Crippen molar-refractivity contribution in [1.82, 2.24) is 30.9 Å². The third-order valence-corrected chi connectivity index (χ3v) is 7.74. The van der Waals surface area contributed by atoms with Gasteiger partial charge in [0.2, 0.25) is 17.6 Å². The van der Waals surface area contributed by atoms with E-state index < -0.39 is 6.04 Å². The van der Waals surface area contributed by atoms with E-state index in [0.717, 1.165) is 47.9 Å². The van der Waals surface area contributed by atoms with Gasteiger partial charge in [-0.1, -0.05) is 35.9 Å². The van der Waals surface area contributed by atoms with Gasteiger partial charge in [-0.15, -0.1) is 10.2 Å². The number of hydrogen-bond donors (Lipinski definition) is 4. The van der Waals surface area contributed by atoms with Gasteiger partial charge in [0.05, 0.1) is 5.02 Å². The van der Waals surface area contributed by atoms with E-state index in [0.29, 0.717) is 35.4 Å². The lowest BCUT2D eigenvalue weighted by molar-refractivity contribution is -0.130. The number of benzene rings is 2. The van der Waals surface area contributed by atoms with Gasteiger partial charge in [0, 0.05) is 41.5 Å². The van der Waals surface area contributed by atoms with Gasteiger partial charge in [-0.25, -0.2) is 0 Å². The number of nitrogens with zero attached hydrogens (tertiary/aromatic N) is 4. The molecule has 10 nitrogen and oxygen atoms in total. The van der Waals surface area contributed by atoms with Crippen molar-refractivity contribution < 1.29 is 9.59 Å². The van der Waals surface area contributed by atoms with Crippen molar-refractivity contribution in [3.05, 3.63) is 77.6 Å². The molecule has 5 rings (SSSR count). The average molecular weight is 559 g/mol. The zero-order chi connectivity index (χ0) is 27.9. The number of carbonyl (C=O) groups is 2. The Morgan fingerprint density at radius 1 is 1.00 bits per heavy atom. The molecule has 0 saturated heterocycles. The number of rotatable bonds is 9. The molecule has 0 aliphatic heterocycles. The van der Waals surface area contributed by atoms with Crippen LogP contribution >= 0.6 is 11.6 Å². The second kappa shape index (κ2) is 12.8. The van der Waals surface area contributed by atoms with Crippen LogP contribution in [0.25, 0.3) is 22.5 Å². The summed E-state index contributed by atoms with van der Waals surface area (Å²) in [6.07, 6.45) is 7.11. The first kappa shape index (κ1) is 27.4. The van der Waals surface area contributed by atoms with Crippen LogP contribution in [0.15, 0.2) is 67.0 Å². The number of aromatic amines is 1. The van der Waals surface area contributed by atoms with Crippen molar-refractivity contribution in [3.8, 4) is 22.5 Å². The molecule has 0 spiro atoms. The summed E-state index contributed by atoms with van der Waals surface area (Å²) in [6, 6.07) is 15.9. The van der Waals surface area contributed by atoms with E-state index in [9.17, 15) is 9.59 Å². The predicted octanol–water partition coefficient (Wildman–Crippen LogP) is 4.01. The Morgan fingerprint density at radius 2 is 1.73 bits per heavy atom. The number of anilines is 1. The Bertz CT molecular complexity index is 1420. The Balaban J connectivity index is 1.30. The van der Waals surface area contributed by atoms with E-state index in [-0.39, 0.29) is 17.7 Å². The highest BCUT2D eigenvalue weighted by atomic mass is 35.5. The number of nitrogens with two attached hydrogens (primary N) is 1. The minimum absolute atomic E-state index is 0.0955. The molecule has 2 heterocycles. The van der Waals surface area contributed by atoms with Crippen molar-refractivity contribution in [3.63, 3.8) is 0 Å². The zero-order valence-corrected chi connectivity index (χ0v) is 22.6. The molecule has 4 aromatic rings. The van der Waals surface area contributed by atoms with Gasteiger partial charge >= 0.3 is 0 Å². The molecule has 0 unspecified atom stereocenters. The Kier molecular flexibility index (Phi) is 8.78. The number of hydrogen-bond acceptors (Lipinski definition) is 7. The fraction of sp³-hybridized carbons (Fsp3) is 0.310. The van der Waals surface area contributed by atoms with Gasteiger partial charge in [0.25, 0.3) is 0 Å². The SMILES string of the molecule is NCC1CCC(C(=O)N[C@@H](Cc2ccc(-c3cnccc3Cl)cc2)C(=O)Nc2ccc(-c3nn[nH]n3)cc2)CC1. The summed E-state index contributed by atoms with van der Waals surface area (Å²) < 4.78 is 0. The Hall–Kier alpha value is -4.15. The highest BCUT2D eigenvalue weighted by Gasteiger charge is 2.29. The summed E-state index contributed by atoms with van der Waals surface area (Å²) in [5, 5.41) is 20.5. The minimum atomic E-state index is -0.760. The molecule has 11 heteroatoms. The van der Waals surface area contributed by atoms with Crippen LogP contribution in [0, 0.1) is 11.8 Å². The number of nitrogens with one attached hydrogen (secondary N) is 3. The van der Waals surface area contributed by atoms with E-state index >= 15 is 0 Å². The normalized spacial score (nSPS) is 17.6. The molecule has 1 saturated carbocycles. The molecular weight excluding hydrogens is 528 g/mol. The minimum Gasteiger partial charge on any atom is -0.344 e. The van der Waals surface area contributed by atoms with Crippen molar-refractivity contribution in [2.45, 2.75) is 38.1 Å². The van der Waals surface area contributed by atoms with Crippen molar-refractivity contribution in [2.75, 3.05) is 11.9 Å². The molecule has 5 N–H and O–H groups in total. The lowest BCUT2D eigenvalue weighted by Crippen LogP contribution is -2.48. The highest BCUT2D eigenvalue weighted by Crippen LogP contribution is 2.29.